The van der Waals surface area contributed by atoms with Crippen LogP contribution in [-0.2, 0) is 6.42 Å². The zero-order valence-electron chi connectivity index (χ0n) is 14.1. The topological polar surface area (TPSA) is 82.5 Å². The molecule has 0 aliphatic carbocycles. The van der Waals surface area contributed by atoms with Gasteiger partial charge >= 0.3 is 0 Å². The number of nitrogens with zero attached hydrogens (tertiary/aromatic N) is 1. The van der Waals surface area contributed by atoms with E-state index in [9.17, 15) is 15.0 Å². The quantitative estimate of drug-likeness (QED) is 0.728. The van der Waals surface area contributed by atoms with Gasteiger partial charge in [-0.15, -0.1) is 0 Å². The molecule has 24 heavy (non-hydrogen) atoms. The summed E-state index contributed by atoms with van der Waals surface area (Å²) < 4.78 is 0. The van der Waals surface area contributed by atoms with Crippen LogP contribution < -0.4 is 5.32 Å². The lowest BCUT2D eigenvalue weighted by Crippen LogP contribution is -2.28. The maximum atomic E-state index is 12.1. The fraction of sp³-hybridized carbons (Fsp3) is 0.368. The van der Waals surface area contributed by atoms with Gasteiger partial charge in [-0.25, -0.2) is 0 Å². The number of carbonyl (C=O) groups excluding carboxylic acids is 1. The number of carbonyl (C=O) groups is 1. The molecule has 2 aromatic rings. The number of benzene rings is 1. The molecule has 5 heteroatoms. The smallest absolute Gasteiger partial charge is 0.251 e. The maximum Gasteiger partial charge on any atom is 0.251 e. The van der Waals surface area contributed by atoms with E-state index < -0.39 is 11.7 Å². The molecular weight excluding hydrogens is 304 g/mol. The van der Waals surface area contributed by atoms with E-state index in [4.69, 9.17) is 0 Å². The van der Waals surface area contributed by atoms with Crippen molar-refractivity contribution in [2.75, 3.05) is 6.54 Å². The van der Waals surface area contributed by atoms with Crippen molar-refractivity contribution in [1.82, 2.24) is 10.3 Å². The van der Waals surface area contributed by atoms with Crippen molar-refractivity contribution in [2.24, 2.45) is 0 Å². The Labute approximate surface area is 142 Å². The highest BCUT2D eigenvalue weighted by Gasteiger charge is 2.13. The monoisotopic (exact) mass is 328 g/mol. The van der Waals surface area contributed by atoms with Gasteiger partial charge in [-0.1, -0.05) is 18.2 Å². The molecule has 2 rings (SSSR count). The Morgan fingerprint density at radius 2 is 1.96 bits per heavy atom. The van der Waals surface area contributed by atoms with Crippen LogP contribution >= 0.6 is 0 Å². The lowest BCUT2D eigenvalue weighted by Gasteiger charge is -2.16. The van der Waals surface area contributed by atoms with Gasteiger partial charge in [0.2, 0.25) is 0 Å². The van der Waals surface area contributed by atoms with Crippen molar-refractivity contribution >= 4 is 5.91 Å². The van der Waals surface area contributed by atoms with Gasteiger partial charge in [0.25, 0.3) is 5.91 Å². The normalized spacial score (nSPS) is 12.7. The van der Waals surface area contributed by atoms with Crippen LogP contribution in [0.3, 0.4) is 0 Å². The van der Waals surface area contributed by atoms with Gasteiger partial charge in [-0.2, -0.15) is 0 Å². The van der Waals surface area contributed by atoms with Crippen molar-refractivity contribution in [3.63, 3.8) is 0 Å². The summed E-state index contributed by atoms with van der Waals surface area (Å²) in [5, 5.41) is 22.5. The zero-order chi connectivity index (χ0) is 17.6. The molecular formula is C19H24N2O3. The van der Waals surface area contributed by atoms with Crippen molar-refractivity contribution in [3.8, 4) is 0 Å². The first-order chi connectivity index (χ1) is 11.3. The number of aromatic nitrogens is 1. The first-order valence-corrected chi connectivity index (χ1v) is 8.03. The molecule has 128 valence electrons. The van der Waals surface area contributed by atoms with Crippen LogP contribution in [0.1, 0.15) is 47.9 Å². The van der Waals surface area contributed by atoms with Crippen molar-refractivity contribution in [3.05, 3.63) is 65.5 Å². The molecule has 3 N–H and O–H groups in total. The predicted octanol–water partition coefficient (Wildman–Crippen LogP) is 2.25. The molecule has 0 saturated heterocycles. The van der Waals surface area contributed by atoms with E-state index in [1.807, 2.05) is 12.1 Å². The van der Waals surface area contributed by atoms with E-state index in [2.05, 4.69) is 10.3 Å². The van der Waals surface area contributed by atoms with E-state index in [1.54, 1.807) is 50.5 Å². The summed E-state index contributed by atoms with van der Waals surface area (Å²) in [4.78, 5) is 16.1. The lowest BCUT2D eigenvalue weighted by molar-refractivity contribution is 0.0713. The Morgan fingerprint density at radius 3 is 2.54 bits per heavy atom. The molecule has 1 atom stereocenters. The summed E-state index contributed by atoms with van der Waals surface area (Å²) in [5.74, 6) is -0.230. The number of amides is 1. The first kappa shape index (κ1) is 18.1. The summed E-state index contributed by atoms with van der Waals surface area (Å²) >= 11 is 0. The molecule has 0 spiro atoms. The van der Waals surface area contributed by atoms with Crippen LogP contribution in [0.15, 0.2) is 48.8 Å². The third-order valence-electron chi connectivity index (χ3n) is 3.77. The second-order valence-corrected chi connectivity index (χ2v) is 6.52. The van der Waals surface area contributed by atoms with E-state index in [-0.39, 0.29) is 12.5 Å². The molecule has 0 saturated carbocycles. The Balaban J connectivity index is 1.86. The lowest BCUT2D eigenvalue weighted by atomic mass is 9.98. The fourth-order valence-electron chi connectivity index (χ4n) is 2.26. The number of aliphatic hydroxyl groups excluding tert-OH is 1. The molecule has 0 bridgehead atoms. The highest BCUT2D eigenvalue weighted by Crippen LogP contribution is 2.14. The average molecular weight is 328 g/mol. The van der Waals surface area contributed by atoms with Crippen LogP contribution in [0.25, 0.3) is 0 Å². The molecule has 0 radical (unpaired) electrons. The SMILES string of the molecule is CC(C)(O)CCc1ccc(C(=O)NC[C@H](O)c2cccnc2)cc1. The Morgan fingerprint density at radius 1 is 1.25 bits per heavy atom. The van der Waals surface area contributed by atoms with Crippen LogP contribution in [0, 0.1) is 0 Å². The summed E-state index contributed by atoms with van der Waals surface area (Å²) in [6, 6.07) is 10.8. The molecule has 1 aromatic heterocycles. The number of rotatable bonds is 7. The van der Waals surface area contributed by atoms with Gasteiger partial charge in [0, 0.05) is 30.1 Å². The zero-order valence-corrected chi connectivity index (χ0v) is 14.1. The van der Waals surface area contributed by atoms with Gasteiger partial charge in [-0.3, -0.25) is 9.78 Å². The van der Waals surface area contributed by atoms with Crippen LogP contribution in [0.2, 0.25) is 0 Å². The molecule has 1 amide bonds. The van der Waals surface area contributed by atoms with Crippen LogP contribution in [-0.4, -0.2) is 33.3 Å². The Bertz CT molecular complexity index is 649. The number of pyridine rings is 1. The number of hydrogen-bond acceptors (Lipinski definition) is 4. The highest BCUT2D eigenvalue weighted by molar-refractivity contribution is 5.94. The standard InChI is InChI=1S/C19H24N2O3/c1-19(2,24)10-9-14-5-7-15(8-6-14)18(23)21-13-17(22)16-4-3-11-20-12-16/h3-8,11-12,17,22,24H,9-10,13H2,1-2H3,(H,21,23)/t17-/m0/s1. The number of hydrogen-bond donors (Lipinski definition) is 3. The van der Waals surface area contributed by atoms with Crippen molar-refractivity contribution in [2.45, 2.75) is 38.4 Å². The van der Waals surface area contributed by atoms with E-state index in [1.165, 1.54) is 0 Å². The van der Waals surface area contributed by atoms with Crippen molar-refractivity contribution in [1.29, 1.82) is 0 Å². The van der Waals surface area contributed by atoms with Gasteiger partial charge in [0.15, 0.2) is 0 Å². The summed E-state index contributed by atoms with van der Waals surface area (Å²) in [7, 11) is 0. The highest BCUT2D eigenvalue weighted by atomic mass is 16.3. The van der Waals surface area contributed by atoms with Gasteiger partial charge < -0.3 is 15.5 Å². The largest absolute Gasteiger partial charge is 0.390 e. The van der Waals surface area contributed by atoms with E-state index >= 15 is 0 Å². The van der Waals surface area contributed by atoms with Crippen LogP contribution in [0.5, 0.6) is 0 Å². The van der Waals surface area contributed by atoms with Crippen LogP contribution in [0.4, 0.5) is 0 Å². The third kappa shape index (κ3) is 5.76. The first-order valence-electron chi connectivity index (χ1n) is 8.03. The maximum absolute atomic E-state index is 12.1. The molecule has 5 nitrogen and oxygen atoms in total. The van der Waals surface area contributed by atoms with E-state index in [0.29, 0.717) is 17.5 Å². The molecule has 1 aromatic carbocycles. The van der Waals surface area contributed by atoms with Gasteiger partial charge in [-0.05, 0) is 50.5 Å². The molecule has 0 unspecified atom stereocenters. The summed E-state index contributed by atoms with van der Waals surface area (Å²) in [5.41, 5.74) is 1.59. The third-order valence-corrected chi connectivity index (χ3v) is 3.77. The Hall–Kier alpha value is -2.24. The van der Waals surface area contributed by atoms with Gasteiger partial charge in [0.05, 0.1) is 11.7 Å². The minimum atomic E-state index is -0.784. The second-order valence-electron chi connectivity index (χ2n) is 6.52. The molecule has 0 aliphatic heterocycles. The minimum Gasteiger partial charge on any atom is -0.390 e. The number of aryl methyl sites for hydroxylation is 1. The van der Waals surface area contributed by atoms with Crippen molar-refractivity contribution < 1.29 is 15.0 Å². The summed E-state index contributed by atoms with van der Waals surface area (Å²) in [6.07, 6.45) is 3.84. The van der Waals surface area contributed by atoms with Gasteiger partial charge in [0.1, 0.15) is 0 Å². The number of nitrogens with one attached hydrogen (secondary N) is 1. The fourth-order valence-corrected chi connectivity index (χ4v) is 2.26. The molecule has 0 aliphatic rings. The number of aliphatic hydroxyl groups is 2. The predicted molar refractivity (Wildman–Crippen MR) is 92.6 cm³/mol. The molecule has 1 heterocycles. The van der Waals surface area contributed by atoms with E-state index in [0.717, 1.165) is 12.0 Å². The minimum absolute atomic E-state index is 0.130. The average Bonchev–Trinajstić information content (AvgIpc) is 2.58. The molecule has 0 fully saturated rings. The summed E-state index contributed by atoms with van der Waals surface area (Å²) in [6.45, 7) is 3.69. The Kier molecular flexibility index (Phi) is 6.06. The second kappa shape index (κ2) is 8.04.